The molecule has 0 saturated carbocycles. The molecule has 4 rings (SSSR count). The number of carboxylic acid groups (broad SMARTS) is 1. The van der Waals surface area contributed by atoms with Crippen molar-refractivity contribution in [3.05, 3.63) is 41.4 Å². The number of aliphatic carboxylic acids is 1. The van der Waals surface area contributed by atoms with Crippen LogP contribution in [0.15, 0.2) is 35.8 Å². The molecular weight excluding hydrogens is 403 g/mol. The van der Waals surface area contributed by atoms with E-state index in [1.807, 2.05) is 0 Å². The third-order valence-corrected chi connectivity index (χ3v) is 6.07. The van der Waals surface area contributed by atoms with Crippen LogP contribution in [0.1, 0.15) is 25.8 Å². The van der Waals surface area contributed by atoms with Gasteiger partial charge in [0, 0.05) is 42.9 Å². The summed E-state index contributed by atoms with van der Waals surface area (Å²) in [6.45, 7) is 3.26. The van der Waals surface area contributed by atoms with Crippen LogP contribution in [0.2, 0.25) is 0 Å². The average molecular weight is 424 g/mol. The van der Waals surface area contributed by atoms with E-state index in [2.05, 4.69) is 4.98 Å². The first-order valence-electron chi connectivity index (χ1n) is 9.13. The Labute approximate surface area is 194 Å². The number of amides is 3. The molecule has 0 bridgehead atoms. The van der Waals surface area contributed by atoms with Crippen LogP contribution >= 0.6 is 0 Å². The fraction of sp³-hybridized carbons (Fsp3) is 0.421. The quantitative estimate of drug-likeness (QED) is 0.492. The van der Waals surface area contributed by atoms with Crippen LogP contribution in [-0.4, -0.2) is 92.0 Å². The minimum absolute atomic E-state index is 0. The zero-order valence-electron chi connectivity index (χ0n) is 15.9. The average Bonchev–Trinajstić information content (AvgIpc) is 3.04. The number of rotatable bonds is 4. The van der Waals surface area contributed by atoms with Crippen LogP contribution in [0.3, 0.4) is 0 Å². The van der Waals surface area contributed by atoms with Crippen molar-refractivity contribution < 1.29 is 29.0 Å². The number of nitrogens with two attached hydrogens (primary N) is 1. The van der Waals surface area contributed by atoms with Crippen LogP contribution in [0, 0.1) is 5.92 Å². The first kappa shape index (κ1) is 22.3. The van der Waals surface area contributed by atoms with Crippen molar-refractivity contribution in [3.63, 3.8) is 0 Å². The summed E-state index contributed by atoms with van der Waals surface area (Å²) in [6.07, 6.45) is 2.14. The van der Waals surface area contributed by atoms with Gasteiger partial charge in [-0.15, -0.1) is 0 Å². The molecule has 3 aliphatic rings. The van der Waals surface area contributed by atoms with E-state index in [9.17, 15) is 24.3 Å². The van der Waals surface area contributed by atoms with Gasteiger partial charge >= 0.3 is 41.6 Å². The van der Waals surface area contributed by atoms with E-state index in [0.717, 1.165) is 0 Å². The summed E-state index contributed by atoms with van der Waals surface area (Å²) >= 11 is 0. The number of carbonyl (C=O) groups is 4. The topological polar surface area (TPSA) is 143 Å². The third kappa shape index (κ3) is 3.10. The molecule has 1 unspecified atom stereocenters. The van der Waals surface area contributed by atoms with Crippen LogP contribution in [0.4, 0.5) is 4.79 Å². The van der Waals surface area contributed by atoms with Gasteiger partial charge in [0.05, 0.1) is 6.04 Å². The van der Waals surface area contributed by atoms with Gasteiger partial charge in [0.2, 0.25) is 5.91 Å². The number of aromatic nitrogens is 1. The Kier molecular flexibility index (Phi) is 5.70. The number of β-lactam (4-membered cyclic amide) rings is 1. The van der Waals surface area contributed by atoms with Crippen LogP contribution in [0.25, 0.3) is 0 Å². The summed E-state index contributed by atoms with van der Waals surface area (Å²) in [4.78, 5) is 55.3. The number of pyridine rings is 1. The molecule has 11 heteroatoms. The summed E-state index contributed by atoms with van der Waals surface area (Å²) < 4.78 is 5.44. The zero-order chi connectivity index (χ0) is 21.1. The van der Waals surface area contributed by atoms with Crippen molar-refractivity contribution in [2.75, 3.05) is 6.54 Å². The molecule has 10 nitrogen and oxygen atoms in total. The Balaban J connectivity index is 0.00000256. The first-order valence-corrected chi connectivity index (χ1v) is 9.13. The maximum atomic E-state index is 12.8. The summed E-state index contributed by atoms with van der Waals surface area (Å²) in [7, 11) is 0. The Morgan fingerprint density at radius 2 is 1.93 bits per heavy atom. The van der Waals surface area contributed by atoms with Gasteiger partial charge < -0.3 is 20.5 Å². The number of likely N-dealkylation sites (tertiary alicyclic amines) is 1. The second-order valence-electron chi connectivity index (χ2n) is 7.60. The Bertz CT molecular complexity index is 967. The summed E-state index contributed by atoms with van der Waals surface area (Å²) in [6, 6.07) is 2.16. The molecule has 0 radical (unpaired) electrons. The molecule has 4 atom stereocenters. The van der Waals surface area contributed by atoms with Crippen molar-refractivity contribution in [2.45, 2.75) is 38.0 Å². The van der Waals surface area contributed by atoms with Gasteiger partial charge in [-0.3, -0.25) is 19.5 Å². The number of hydrogen-bond donors (Lipinski definition) is 2. The number of carboxylic acids is 1. The molecular formula is C19H21N4NaO6. The van der Waals surface area contributed by atoms with Gasteiger partial charge in [-0.2, -0.15) is 0 Å². The normalized spacial score (nSPS) is 26.2. The van der Waals surface area contributed by atoms with Gasteiger partial charge in [-0.05, 0) is 25.5 Å². The van der Waals surface area contributed by atoms with E-state index in [1.54, 1.807) is 19.1 Å². The number of nitrogens with zero attached hydrogens (tertiary/aromatic N) is 3. The standard InChI is InChI=1S/C19H20N4O6.Na.H/c1-9(24)22-8-10-7-12(14(17(26)27)23-13(10)15(22)16(23)25)19(2,29-18(20)28)11-3-5-21-6-4-11;;/h3-6,10,13,15H,7-8H2,1-2H3,(H2,20,28)(H,26,27);;/t10-,13-,15+,19?;;/m1../s1. The van der Waals surface area contributed by atoms with E-state index in [1.165, 1.54) is 29.1 Å². The molecule has 3 amide bonds. The second-order valence-corrected chi connectivity index (χ2v) is 7.60. The predicted molar refractivity (Wildman–Crippen MR) is 104 cm³/mol. The molecule has 0 aliphatic carbocycles. The van der Waals surface area contributed by atoms with Gasteiger partial charge in [0.15, 0.2) is 5.60 Å². The van der Waals surface area contributed by atoms with E-state index >= 15 is 0 Å². The van der Waals surface area contributed by atoms with Crippen molar-refractivity contribution in [2.24, 2.45) is 11.7 Å². The predicted octanol–water partition coefficient (Wildman–Crippen LogP) is -0.456. The molecule has 2 fully saturated rings. The van der Waals surface area contributed by atoms with Crippen molar-refractivity contribution in [3.8, 4) is 0 Å². The summed E-state index contributed by atoms with van der Waals surface area (Å²) in [5.41, 5.74) is 4.30. The fourth-order valence-corrected chi connectivity index (χ4v) is 4.85. The molecule has 3 N–H and O–H groups in total. The molecule has 3 aliphatic heterocycles. The molecule has 2 saturated heterocycles. The second kappa shape index (κ2) is 7.68. The van der Waals surface area contributed by atoms with Crippen molar-refractivity contribution in [1.82, 2.24) is 14.8 Å². The Morgan fingerprint density at radius 1 is 1.30 bits per heavy atom. The first-order chi connectivity index (χ1) is 13.7. The van der Waals surface area contributed by atoms with Gasteiger partial charge in [-0.25, -0.2) is 9.59 Å². The number of ether oxygens (including phenoxy) is 1. The molecule has 4 heterocycles. The minimum atomic E-state index is -1.51. The van der Waals surface area contributed by atoms with Crippen LogP contribution < -0.4 is 5.73 Å². The third-order valence-electron chi connectivity index (χ3n) is 6.07. The zero-order valence-corrected chi connectivity index (χ0v) is 15.9. The van der Waals surface area contributed by atoms with Crippen molar-refractivity contribution in [1.29, 1.82) is 0 Å². The van der Waals surface area contributed by atoms with Gasteiger partial charge in [0.25, 0.3) is 5.91 Å². The fourth-order valence-electron chi connectivity index (χ4n) is 4.85. The van der Waals surface area contributed by atoms with Gasteiger partial charge in [-0.1, -0.05) is 0 Å². The number of hydrogen-bond acceptors (Lipinski definition) is 6. The maximum absolute atomic E-state index is 12.8. The summed E-state index contributed by atoms with van der Waals surface area (Å²) in [5, 5.41) is 9.94. The molecule has 0 aromatic carbocycles. The summed E-state index contributed by atoms with van der Waals surface area (Å²) in [5.74, 6) is -2.16. The van der Waals surface area contributed by atoms with Crippen molar-refractivity contribution >= 4 is 53.4 Å². The van der Waals surface area contributed by atoms with E-state index in [-0.39, 0.29) is 59.1 Å². The van der Waals surface area contributed by atoms with E-state index < -0.39 is 35.7 Å². The molecule has 0 spiro atoms. The van der Waals surface area contributed by atoms with Crippen LogP contribution in [-0.2, 0) is 24.7 Å². The molecule has 30 heavy (non-hydrogen) atoms. The SMILES string of the molecule is CC(=O)N1C[C@H]2CC(C(C)(OC(N)=O)c3ccncc3)=C(C(=O)O)N3C(=O)[C@@H]1[C@@H]23.[NaH]. The van der Waals surface area contributed by atoms with E-state index in [4.69, 9.17) is 10.5 Å². The van der Waals surface area contributed by atoms with Gasteiger partial charge in [0.1, 0.15) is 11.7 Å². The molecule has 1 aromatic rings. The molecule has 154 valence electrons. The Morgan fingerprint density at radius 3 is 2.47 bits per heavy atom. The van der Waals surface area contributed by atoms with Crippen LogP contribution in [0.5, 0.6) is 0 Å². The monoisotopic (exact) mass is 424 g/mol. The number of primary amides is 1. The van der Waals surface area contributed by atoms with E-state index in [0.29, 0.717) is 12.1 Å². The molecule has 1 aromatic heterocycles. The Hall–Kier alpha value is -2.43. The number of carbonyl (C=O) groups excluding carboxylic acids is 3.